The van der Waals surface area contributed by atoms with E-state index in [2.05, 4.69) is 9.97 Å². The number of nitrogens with zero attached hydrogens (tertiary/aromatic N) is 4. The number of nitrogens with one attached hydrogen (secondary N) is 1. The minimum atomic E-state index is -0.638. The molecule has 0 fully saturated rings. The Hall–Kier alpha value is -4.02. The highest BCUT2D eigenvalue weighted by Crippen LogP contribution is 2.15. The van der Waals surface area contributed by atoms with Gasteiger partial charge in [0, 0.05) is 31.3 Å². The molecule has 0 unspecified atom stereocenters. The SMILES string of the molecule is CCCCn1c(=O)[nH]c(=O)c2c1nc(COC(=O)C=Cc1ccc([N+](=O)[O-])cc1)n2CCC. The van der Waals surface area contributed by atoms with Gasteiger partial charge in [-0.1, -0.05) is 20.3 Å². The standard InChI is InChI=1S/C22H25N5O6/c1-3-5-13-26-20-19(21(29)24-22(26)30)25(12-4-2)17(23-20)14-33-18(28)11-8-15-6-9-16(10-7-15)27(31)32/h6-11H,3-5,12-14H2,1-2H3,(H,24,29,30). The summed E-state index contributed by atoms with van der Waals surface area (Å²) in [6, 6.07) is 5.72. The highest BCUT2D eigenvalue weighted by molar-refractivity contribution is 5.87. The number of rotatable bonds is 10. The smallest absolute Gasteiger partial charge is 0.331 e. The lowest BCUT2D eigenvalue weighted by Gasteiger charge is -2.08. The Morgan fingerprint density at radius 2 is 1.88 bits per heavy atom. The van der Waals surface area contributed by atoms with Crippen molar-refractivity contribution in [2.24, 2.45) is 0 Å². The fourth-order valence-corrected chi connectivity index (χ4v) is 3.37. The molecule has 2 aromatic heterocycles. The van der Waals surface area contributed by atoms with Crippen LogP contribution >= 0.6 is 0 Å². The van der Waals surface area contributed by atoms with Crippen molar-refractivity contribution >= 4 is 28.9 Å². The highest BCUT2D eigenvalue weighted by Gasteiger charge is 2.19. The summed E-state index contributed by atoms with van der Waals surface area (Å²) in [5, 5.41) is 10.7. The molecule has 0 saturated carbocycles. The number of hydrogen-bond donors (Lipinski definition) is 1. The van der Waals surface area contributed by atoms with E-state index in [0.717, 1.165) is 12.8 Å². The van der Waals surface area contributed by atoms with E-state index in [9.17, 15) is 24.5 Å². The Kier molecular flexibility index (Phi) is 7.54. The normalized spacial score (nSPS) is 11.3. The van der Waals surface area contributed by atoms with Gasteiger partial charge in [0.2, 0.25) is 0 Å². The molecule has 174 valence electrons. The van der Waals surface area contributed by atoms with E-state index in [4.69, 9.17) is 4.74 Å². The molecule has 3 aromatic rings. The number of esters is 1. The van der Waals surface area contributed by atoms with Gasteiger partial charge in [-0.25, -0.2) is 14.6 Å². The zero-order valence-corrected chi connectivity index (χ0v) is 18.4. The highest BCUT2D eigenvalue weighted by atomic mass is 16.6. The summed E-state index contributed by atoms with van der Waals surface area (Å²) in [6.45, 7) is 4.65. The molecule has 0 amide bonds. The Balaban J connectivity index is 1.82. The predicted octanol–water partition coefficient (Wildman–Crippen LogP) is 2.76. The van der Waals surface area contributed by atoms with Gasteiger partial charge in [0.05, 0.1) is 4.92 Å². The van der Waals surface area contributed by atoms with Gasteiger partial charge in [-0.15, -0.1) is 0 Å². The molecule has 0 aliphatic rings. The van der Waals surface area contributed by atoms with E-state index in [1.54, 1.807) is 4.57 Å². The van der Waals surface area contributed by atoms with Crippen molar-refractivity contribution in [2.75, 3.05) is 0 Å². The second kappa shape index (κ2) is 10.5. The van der Waals surface area contributed by atoms with E-state index in [0.29, 0.717) is 30.9 Å². The van der Waals surface area contributed by atoms with E-state index >= 15 is 0 Å². The lowest BCUT2D eigenvalue weighted by molar-refractivity contribution is -0.384. The van der Waals surface area contributed by atoms with Gasteiger partial charge in [0.25, 0.3) is 11.2 Å². The van der Waals surface area contributed by atoms with E-state index in [-0.39, 0.29) is 23.5 Å². The molecule has 11 heteroatoms. The number of imidazole rings is 1. The summed E-state index contributed by atoms with van der Waals surface area (Å²) in [6.07, 6.45) is 5.01. The molecule has 1 aromatic carbocycles. The number of carbonyl (C=O) groups excluding carboxylic acids is 1. The van der Waals surface area contributed by atoms with E-state index in [1.807, 2.05) is 13.8 Å². The fourth-order valence-electron chi connectivity index (χ4n) is 3.37. The summed E-state index contributed by atoms with van der Waals surface area (Å²) in [7, 11) is 0. The minimum Gasteiger partial charge on any atom is -0.454 e. The van der Waals surface area contributed by atoms with E-state index < -0.39 is 22.1 Å². The van der Waals surface area contributed by atoms with Crippen molar-refractivity contribution in [1.29, 1.82) is 0 Å². The Morgan fingerprint density at radius 1 is 1.15 bits per heavy atom. The first-order valence-electron chi connectivity index (χ1n) is 10.7. The van der Waals surface area contributed by atoms with Crippen LogP contribution in [0.3, 0.4) is 0 Å². The number of nitro benzene ring substituents is 1. The number of unbranched alkanes of at least 4 members (excludes halogenated alkanes) is 1. The van der Waals surface area contributed by atoms with Crippen LogP contribution in [0.4, 0.5) is 5.69 Å². The molecule has 2 heterocycles. The van der Waals surface area contributed by atoms with Crippen LogP contribution in [0, 0.1) is 10.1 Å². The molecule has 0 atom stereocenters. The van der Waals surface area contributed by atoms with Gasteiger partial charge in [-0.3, -0.25) is 24.5 Å². The van der Waals surface area contributed by atoms with Gasteiger partial charge in [0.15, 0.2) is 11.2 Å². The van der Waals surface area contributed by atoms with Gasteiger partial charge < -0.3 is 9.30 Å². The maximum atomic E-state index is 12.5. The van der Waals surface area contributed by atoms with Crippen LogP contribution in [0.5, 0.6) is 0 Å². The number of H-pyrrole nitrogens is 1. The summed E-state index contributed by atoms with van der Waals surface area (Å²) in [5.74, 6) is -0.272. The maximum Gasteiger partial charge on any atom is 0.331 e. The van der Waals surface area contributed by atoms with Crippen LogP contribution in [-0.4, -0.2) is 30.0 Å². The second-order valence-electron chi connectivity index (χ2n) is 7.41. The average molecular weight is 455 g/mol. The number of hydrogen-bond acceptors (Lipinski definition) is 7. The molecule has 0 spiro atoms. The minimum absolute atomic E-state index is 0.0445. The summed E-state index contributed by atoms with van der Waals surface area (Å²) in [4.78, 5) is 54.0. The number of fused-ring (bicyclic) bond motifs is 1. The first-order chi connectivity index (χ1) is 15.8. The molecule has 0 aliphatic heterocycles. The quantitative estimate of drug-likeness (QED) is 0.214. The van der Waals surface area contributed by atoms with Gasteiger partial charge in [-0.05, 0) is 36.6 Å². The Morgan fingerprint density at radius 3 is 2.52 bits per heavy atom. The zero-order chi connectivity index (χ0) is 24.0. The van der Waals surface area contributed by atoms with Gasteiger partial charge >= 0.3 is 11.7 Å². The number of aromatic amines is 1. The lowest BCUT2D eigenvalue weighted by atomic mass is 10.2. The number of carbonyl (C=O) groups is 1. The van der Waals surface area contributed by atoms with Crippen LogP contribution in [0.15, 0.2) is 39.9 Å². The molecule has 0 aliphatic carbocycles. The predicted molar refractivity (Wildman–Crippen MR) is 122 cm³/mol. The number of benzene rings is 1. The Labute approximate surface area is 188 Å². The molecule has 0 saturated heterocycles. The van der Waals surface area contributed by atoms with Crippen molar-refractivity contribution in [2.45, 2.75) is 52.8 Å². The van der Waals surface area contributed by atoms with E-state index in [1.165, 1.54) is 41.0 Å². The molecule has 0 bridgehead atoms. The number of ether oxygens (including phenoxy) is 1. The monoisotopic (exact) mass is 455 g/mol. The number of non-ortho nitro benzene ring substituents is 1. The topological polar surface area (TPSA) is 142 Å². The molecule has 3 rings (SSSR count). The lowest BCUT2D eigenvalue weighted by Crippen LogP contribution is -2.31. The molecule has 1 N–H and O–H groups in total. The third kappa shape index (κ3) is 5.43. The third-order valence-corrected chi connectivity index (χ3v) is 5.01. The molecule has 0 radical (unpaired) electrons. The first kappa shape index (κ1) is 23.6. The number of aryl methyl sites for hydroxylation is 2. The van der Waals surface area contributed by atoms with Crippen LogP contribution in [-0.2, 0) is 29.2 Å². The van der Waals surface area contributed by atoms with Crippen molar-refractivity contribution in [1.82, 2.24) is 19.1 Å². The third-order valence-electron chi connectivity index (χ3n) is 5.01. The van der Waals surface area contributed by atoms with Crippen molar-refractivity contribution < 1.29 is 14.5 Å². The maximum absolute atomic E-state index is 12.5. The summed E-state index contributed by atoms with van der Waals surface area (Å²) in [5.41, 5.74) is 0.0633. The van der Waals surface area contributed by atoms with Crippen molar-refractivity contribution in [3.05, 3.63) is 72.7 Å². The van der Waals surface area contributed by atoms with Crippen LogP contribution < -0.4 is 11.2 Å². The van der Waals surface area contributed by atoms with Crippen molar-refractivity contribution in [3.8, 4) is 0 Å². The second-order valence-corrected chi connectivity index (χ2v) is 7.41. The van der Waals surface area contributed by atoms with Gasteiger partial charge in [-0.2, -0.15) is 0 Å². The van der Waals surface area contributed by atoms with Crippen LogP contribution in [0.1, 0.15) is 44.5 Å². The van der Waals surface area contributed by atoms with Crippen molar-refractivity contribution in [3.63, 3.8) is 0 Å². The zero-order valence-electron chi connectivity index (χ0n) is 18.4. The largest absolute Gasteiger partial charge is 0.454 e. The molecular formula is C22H25N5O6. The number of aromatic nitrogens is 4. The number of nitro groups is 1. The van der Waals surface area contributed by atoms with Gasteiger partial charge in [0.1, 0.15) is 12.4 Å². The fraction of sp³-hybridized carbons (Fsp3) is 0.364. The molecule has 33 heavy (non-hydrogen) atoms. The molecule has 11 nitrogen and oxygen atoms in total. The summed E-state index contributed by atoms with van der Waals surface area (Å²) < 4.78 is 8.41. The first-order valence-corrected chi connectivity index (χ1v) is 10.7. The average Bonchev–Trinajstić information content (AvgIpc) is 3.15. The summed E-state index contributed by atoms with van der Waals surface area (Å²) >= 11 is 0. The van der Waals surface area contributed by atoms with Crippen LogP contribution in [0.25, 0.3) is 17.2 Å². The van der Waals surface area contributed by atoms with Crippen LogP contribution in [0.2, 0.25) is 0 Å². The molecular weight excluding hydrogens is 430 g/mol. The Bertz CT molecular complexity index is 1300.